The van der Waals surface area contributed by atoms with Gasteiger partial charge in [-0.25, -0.2) is 0 Å². The molecule has 1 aliphatic heterocycles. The van der Waals surface area contributed by atoms with Crippen LogP contribution in [-0.2, 0) is 16.1 Å². The molecule has 2 amide bonds. The van der Waals surface area contributed by atoms with E-state index in [0.717, 1.165) is 5.56 Å². The second kappa shape index (κ2) is 11.0. The lowest BCUT2D eigenvalue weighted by Crippen LogP contribution is -2.40. The first-order valence-electron chi connectivity index (χ1n) is 11.8. The number of anilines is 1. The molecule has 1 aromatic heterocycles. The molecule has 0 unspecified atom stereocenters. The molecule has 0 spiro atoms. The molecular formula is C28H26N2O6. The number of rotatable bonds is 8. The van der Waals surface area contributed by atoms with E-state index in [4.69, 9.17) is 18.6 Å². The van der Waals surface area contributed by atoms with Crippen LogP contribution in [0.2, 0.25) is 0 Å². The van der Waals surface area contributed by atoms with Gasteiger partial charge in [0.2, 0.25) is 5.76 Å². The van der Waals surface area contributed by atoms with E-state index in [2.05, 4.69) is 5.32 Å². The Balaban J connectivity index is 1.21. The van der Waals surface area contributed by atoms with Crippen molar-refractivity contribution in [2.75, 3.05) is 38.2 Å². The summed E-state index contributed by atoms with van der Waals surface area (Å²) in [6, 6.07) is 24.2. The highest BCUT2D eigenvalue weighted by atomic mass is 16.5. The van der Waals surface area contributed by atoms with Crippen LogP contribution >= 0.6 is 0 Å². The average molecular weight is 487 g/mol. The van der Waals surface area contributed by atoms with E-state index in [1.807, 2.05) is 42.5 Å². The summed E-state index contributed by atoms with van der Waals surface area (Å²) in [6.07, 6.45) is 0. The molecule has 1 N–H and O–H groups in total. The van der Waals surface area contributed by atoms with Gasteiger partial charge >= 0.3 is 0 Å². The van der Waals surface area contributed by atoms with Gasteiger partial charge < -0.3 is 28.8 Å². The van der Waals surface area contributed by atoms with Gasteiger partial charge in [-0.15, -0.1) is 0 Å². The minimum Gasteiger partial charge on any atom is -0.489 e. The minimum atomic E-state index is -0.401. The van der Waals surface area contributed by atoms with E-state index in [1.54, 1.807) is 41.3 Å². The SMILES string of the molecule is O=C(COc1ccc(OCc2ccccc2)cc1)Nc1c(C(=O)N2CCOCC2)oc2ccccc12. The third-order valence-electron chi connectivity index (χ3n) is 5.79. The Morgan fingerprint density at radius 2 is 1.50 bits per heavy atom. The number of morpholine rings is 1. The number of ether oxygens (including phenoxy) is 3. The summed E-state index contributed by atoms with van der Waals surface area (Å²) in [4.78, 5) is 27.5. The van der Waals surface area contributed by atoms with Gasteiger partial charge in [-0.1, -0.05) is 42.5 Å². The van der Waals surface area contributed by atoms with Gasteiger partial charge in [0.25, 0.3) is 11.8 Å². The molecule has 1 aliphatic rings. The van der Waals surface area contributed by atoms with Crippen molar-refractivity contribution in [3.8, 4) is 11.5 Å². The van der Waals surface area contributed by atoms with Crippen LogP contribution in [0.3, 0.4) is 0 Å². The number of nitrogens with one attached hydrogen (secondary N) is 1. The lowest BCUT2D eigenvalue weighted by molar-refractivity contribution is -0.118. The summed E-state index contributed by atoms with van der Waals surface area (Å²) in [6.45, 7) is 2.12. The first-order valence-corrected chi connectivity index (χ1v) is 11.8. The quantitative estimate of drug-likeness (QED) is 0.394. The topological polar surface area (TPSA) is 90.2 Å². The molecule has 5 rings (SSSR count). The average Bonchev–Trinajstić information content (AvgIpc) is 3.30. The van der Waals surface area contributed by atoms with Gasteiger partial charge in [0, 0.05) is 18.5 Å². The first kappa shape index (κ1) is 23.4. The summed E-state index contributed by atoms with van der Waals surface area (Å²) in [5.41, 5.74) is 1.95. The van der Waals surface area contributed by atoms with E-state index in [9.17, 15) is 9.59 Å². The molecule has 8 nitrogen and oxygen atoms in total. The van der Waals surface area contributed by atoms with Crippen molar-refractivity contribution in [1.82, 2.24) is 4.90 Å². The highest BCUT2D eigenvalue weighted by Crippen LogP contribution is 2.32. The lowest BCUT2D eigenvalue weighted by Gasteiger charge is -2.26. The third-order valence-corrected chi connectivity index (χ3v) is 5.79. The maximum atomic E-state index is 13.1. The number of hydrogen-bond donors (Lipinski definition) is 1. The molecule has 4 aromatic rings. The van der Waals surface area contributed by atoms with Crippen molar-refractivity contribution in [2.24, 2.45) is 0 Å². The zero-order chi connectivity index (χ0) is 24.7. The Hall–Kier alpha value is -4.30. The van der Waals surface area contributed by atoms with Crippen LogP contribution in [0.4, 0.5) is 5.69 Å². The number of carbonyl (C=O) groups is 2. The maximum Gasteiger partial charge on any atom is 0.291 e. The molecule has 0 aliphatic carbocycles. The van der Waals surface area contributed by atoms with Gasteiger partial charge in [0.05, 0.1) is 13.2 Å². The number of benzene rings is 3. The Kier molecular flexibility index (Phi) is 7.14. The van der Waals surface area contributed by atoms with Gasteiger partial charge in [-0.3, -0.25) is 9.59 Å². The fraction of sp³-hybridized carbons (Fsp3) is 0.214. The summed E-state index contributed by atoms with van der Waals surface area (Å²) in [7, 11) is 0. The number of para-hydroxylation sites is 1. The summed E-state index contributed by atoms with van der Waals surface area (Å²) < 4.78 is 22.6. The van der Waals surface area contributed by atoms with Gasteiger partial charge in [0.15, 0.2) is 6.61 Å². The fourth-order valence-corrected chi connectivity index (χ4v) is 3.93. The molecule has 3 aromatic carbocycles. The van der Waals surface area contributed by atoms with Gasteiger partial charge in [-0.05, 0) is 42.0 Å². The number of amides is 2. The maximum absolute atomic E-state index is 13.1. The zero-order valence-corrected chi connectivity index (χ0v) is 19.6. The lowest BCUT2D eigenvalue weighted by atomic mass is 10.2. The minimum absolute atomic E-state index is 0.103. The first-order chi connectivity index (χ1) is 17.7. The summed E-state index contributed by atoms with van der Waals surface area (Å²) in [5, 5.41) is 3.47. The van der Waals surface area contributed by atoms with Crippen LogP contribution in [0, 0.1) is 0 Å². The molecule has 8 heteroatoms. The number of fused-ring (bicyclic) bond motifs is 1. The molecule has 0 atom stereocenters. The number of nitrogens with zero attached hydrogens (tertiary/aromatic N) is 1. The highest BCUT2D eigenvalue weighted by molar-refractivity contribution is 6.11. The number of furan rings is 1. The molecule has 36 heavy (non-hydrogen) atoms. The molecular weight excluding hydrogens is 460 g/mol. The molecule has 2 heterocycles. The smallest absolute Gasteiger partial charge is 0.291 e. The zero-order valence-electron chi connectivity index (χ0n) is 19.6. The Bertz CT molecular complexity index is 1330. The van der Waals surface area contributed by atoms with Crippen LogP contribution in [0.25, 0.3) is 11.0 Å². The monoisotopic (exact) mass is 486 g/mol. The van der Waals surface area contributed by atoms with Crippen molar-refractivity contribution in [3.05, 3.63) is 90.2 Å². The number of carbonyl (C=O) groups excluding carboxylic acids is 2. The van der Waals surface area contributed by atoms with E-state index in [0.29, 0.717) is 61.1 Å². The molecule has 184 valence electrons. The van der Waals surface area contributed by atoms with Crippen LogP contribution in [0.1, 0.15) is 16.1 Å². The van der Waals surface area contributed by atoms with E-state index >= 15 is 0 Å². The third kappa shape index (κ3) is 5.50. The van der Waals surface area contributed by atoms with Crippen LogP contribution in [0.15, 0.2) is 83.3 Å². The molecule has 0 radical (unpaired) electrons. The molecule has 1 saturated heterocycles. The second-order valence-corrected chi connectivity index (χ2v) is 8.29. The highest BCUT2D eigenvalue weighted by Gasteiger charge is 2.27. The standard InChI is InChI=1S/C28H26N2O6/c31-25(19-35-22-12-10-21(11-13-22)34-18-20-6-2-1-3-7-20)29-26-23-8-4-5-9-24(23)36-27(26)28(32)30-14-16-33-17-15-30/h1-13H,14-19H2,(H,29,31). The molecule has 0 saturated carbocycles. The normalized spacial score (nSPS) is 13.4. The van der Waals surface area contributed by atoms with Crippen LogP contribution in [-0.4, -0.2) is 49.6 Å². The summed E-state index contributed by atoms with van der Waals surface area (Å²) in [5.74, 6) is 0.649. The van der Waals surface area contributed by atoms with E-state index in [-0.39, 0.29) is 18.3 Å². The van der Waals surface area contributed by atoms with Crippen molar-refractivity contribution < 1.29 is 28.2 Å². The van der Waals surface area contributed by atoms with Crippen molar-refractivity contribution in [2.45, 2.75) is 6.61 Å². The molecule has 1 fully saturated rings. The fourth-order valence-electron chi connectivity index (χ4n) is 3.93. The van der Waals surface area contributed by atoms with Crippen LogP contribution in [0.5, 0.6) is 11.5 Å². The van der Waals surface area contributed by atoms with Crippen molar-refractivity contribution in [1.29, 1.82) is 0 Å². The Morgan fingerprint density at radius 1 is 0.833 bits per heavy atom. The number of hydrogen-bond acceptors (Lipinski definition) is 6. The predicted octanol–water partition coefficient (Wildman–Crippen LogP) is 4.50. The van der Waals surface area contributed by atoms with E-state index in [1.165, 1.54) is 0 Å². The predicted molar refractivity (Wildman–Crippen MR) is 134 cm³/mol. The van der Waals surface area contributed by atoms with Crippen LogP contribution < -0.4 is 14.8 Å². The Morgan fingerprint density at radius 3 is 2.25 bits per heavy atom. The van der Waals surface area contributed by atoms with Gasteiger partial charge in [-0.2, -0.15) is 0 Å². The Labute approximate surface area is 208 Å². The van der Waals surface area contributed by atoms with E-state index < -0.39 is 5.91 Å². The summed E-state index contributed by atoms with van der Waals surface area (Å²) >= 11 is 0. The molecule has 0 bridgehead atoms. The second-order valence-electron chi connectivity index (χ2n) is 8.29. The van der Waals surface area contributed by atoms with Crippen molar-refractivity contribution >= 4 is 28.5 Å². The largest absolute Gasteiger partial charge is 0.489 e. The van der Waals surface area contributed by atoms with Gasteiger partial charge in [0.1, 0.15) is 29.4 Å². The van der Waals surface area contributed by atoms with Crippen molar-refractivity contribution in [3.63, 3.8) is 0 Å².